The third-order valence-corrected chi connectivity index (χ3v) is 5.02. The van der Waals surface area contributed by atoms with Crippen molar-refractivity contribution in [3.63, 3.8) is 0 Å². The number of benzene rings is 2. The van der Waals surface area contributed by atoms with Crippen LogP contribution in [0.2, 0.25) is 5.02 Å². The van der Waals surface area contributed by atoms with Gasteiger partial charge in [0, 0.05) is 30.1 Å². The summed E-state index contributed by atoms with van der Waals surface area (Å²) in [7, 11) is 0. The fraction of sp³-hybridized carbons (Fsp3) is 0.316. The van der Waals surface area contributed by atoms with Crippen molar-refractivity contribution in [2.45, 2.75) is 25.4 Å². The number of hydrogen-bond donors (Lipinski definition) is 1. The van der Waals surface area contributed by atoms with Crippen LogP contribution in [-0.4, -0.2) is 28.6 Å². The van der Waals surface area contributed by atoms with Crippen LogP contribution < -0.4 is 0 Å². The van der Waals surface area contributed by atoms with Crippen molar-refractivity contribution in [1.29, 1.82) is 0 Å². The molecule has 4 heteroatoms. The zero-order valence-corrected chi connectivity index (χ0v) is 13.8. The van der Waals surface area contributed by atoms with E-state index >= 15 is 0 Å². The van der Waals surface area contributed by atoms with E-state index in [0.29, 0.717) is 5.02 Å². The number of carbonyl (C=O) groups is 1. The van der Waals surface area contributed by atoms with Gasteiger partial charge in [0.25, 0.3) is 0 Å². The summed E-state index contributed by atoms with van der Waals surface area (Å²) >= 11 is 5.96. The summed E-state index contributed by atoms with van der Waals surface area (Å²) in [6.45, 7) is 3.53. The monoisotopic (exact) mass is 329 g/mol. The average Bonchev–Trinajstić information content (AvgIpc) is 2.86. The molecule has 0 amide bonds. The Morgan fingerprint density at radius 2 is 1.83 bits per heavy atom. The Bertz CT molecular complexity index is 672. The minimum absolute atomic E-state index is 0.00613. The van der Waals surface area contributed by atoms with E-state index in [9.17, 15) is 9.90 Å². The van der Waals surface area contributed by atoms with Crippen molar-refractivity contribution in [1.82, 2.24) is 4.90 Å². The second-order valence-electron chi connectivity index (χ2n) is 6.18. The number of halogens is 1. The summed E-state index contributed by atoms with van der Waals surface area (Å²) in [5, 5.41) is 10.4. The molecule has 3 rings (SSSR count). The predicted molar refractivity (Wildman–Crippen MR) is 91.6 cm³/mol. The lowest BCUT2D eigenvalue weighted by Gasteiger charge is -2.22. The average molecular weight is 330 g/mol. The van der Waals surface area contributed by atoms with Crippen LogP contribution in [-0.2, 0) is 11.3 Å². The predicted octanol–water partition coefficient (Wildman–Crippen LogP) is 4.03. The van der Waals surface area contributed by atoms with Crippen LogP contribution in [0.15, 0.2) is 54.6 Å². The van der Waals surface area contributed by atoms with E-state index in [1.165, 1.54) is 5.56 Å². The minimum Gasteiger partial charge on any atom is -0.481 e. The maximum Gasteiger partial charge on any atom is 0.308 e. The molecule has 0 spiro atoms. The second kappa shape index (κ2) is 6.73. The summed E-state index contributed by atoms with van der Waals surface area (Å²) in [4.78, 5) is 14.1. The van der Waals surface area contributed by atoms with Crippen LogP contribution in [0.25, 0.3) is 0 Å². The molecule has 1 unspecified atom stereocenters. The highest BCUT2D eigenvalue weighted by atomic mass is 35.5. The summed E-state index contributed by atoms with van der Waals surface area (Å²) in [6, 6.07) is 17.7. The Kier molecular flexibility index (Phi) is 4.69. The van der Waals surface area contributed by atoms with Gasteiger partial charge in [-0.2, -0.15) is 0 Å². The van der Waals surface area contributed by atoms with Crippen LogP contribution in [0.3, 0.4) is 0 Å². The van der Waals surface area contributed by atoms with Crippen molar-refractivity contribution in [3.8, 4) is 0 Å². The largest absolute Gasteiger partial charge is 0.481 e. The summed E-state index contributed by atoms with van der Waals surface area (Å²) in [5.74, 6) is -1.14. The second-order valence-corrected chi connectivity index (χ2v) is 6.61. The van der Waals surface area contributed by atoms with Crippen molar-refractivity contribution < 1.29 is 9.90 Å². The summed E-state index contributed by atoms with van der Waals surface area (Å²) in [6.07, 6.45) is 0. The van der Waals surface area contributed by atoms with Gasteiger partial charge in [-0.3, -0.25) is 9.69 Å². The molecule has 0 aliphatic carbocycles. The number of rotatable bonds is 4. The molecular formula is C19H20ClNO2. The Balaban J connectivity index is 1.85. The van der Waals surface area contributed by atoms with Gasteiger partial charge in [-0.1, -0.05) is 54.1 Å². The molecule has 2 aromatic rings. The van der Waals surface area contributed by atoms with Gasteiger partial charge in [0.05, 0.1) is 5.92 Å². The molecule has 0 saturated carbocycles. The van der Waals surface area contributed by atoms with E-state index in [0.717, 1.165) is 18.7 Å². The quantitative estimate of drug-likeness (QED) is 0.920. The van der Waals surface area contributed by atoms with Crippen LogP contribution in [0.5, 0.6) is 0 Å². The zero-order chi connectivity index (χ0) is 16.4. The first-order valence-electron chi connectivity index (χ1n) is 7.82. The van der Waals surface area contributed by atoms with Crippen LogP contribution in [0.4, 0.5) is 0 Å². The van der Waals surface area contributed by atoms with Gasteiger partial charge < -0.3 is 5.11 Å². The van der Waals surface area contributed by atoms with Gasteiger partial charge in [-0.15, -0.1) is 0 Å². The number of aliphatic carboxylic acids is 1. The molecule has 1 N–H and O–H groups in total. The highest BCUT2D eigenvalue weighted by molar-refractivity contribution is 6.30. The molecule has 1 fully saturated rings. The molecule has 1 aliphatic heterocycles. The topological polar surface area (TPSA) is 40.5 Å². The molecule has 1 aliphatic rings. The van der Waals surface area contributed by atoms with E-state index in [1.807, 2.05) is 49.4 Å². The fourth-order valence-corrected chi connectivity index (χ4v) is 3.65. The van der Waals surface area contributed by atoms with Gasteiger partial charge in [-0.05, 0) is 30.2 Å². The van der Waals surface area contributed by atoms with E-state index in [4.69, 9.17) is 11.6 Å². The smallest absolute Gasteiger partial charge is 0.308 e. The van der Waals surface area contributed by atoms with Crippen molar-refractivity contribution >= 4 is 17.6 Å². The molecule has 23 heavy (non-hydrogen) atoms. The normalized spacial score (nSPS) is 24.7. The van der Waals surface area contributed by atoms with E-state index < -0.39 is 11.9 Å². The molecular weight excluding hydrogens is 310 g/mol. The first-order chi connectivity index (χ1) is 11.1. The molecule has 0 radical (unpaired) electrons. The SMILES string of the molecule is CC1[C@@H](C(=O)O)[C@H](c2ccc(Cl)cc2)CN1Cc1ccccc1. The molecule has 0 aromatic heterocycles. The molecule has 1 saturated heterocycles. The standard InChI is InChI=1S/C19H20ClNO2/c1-13-18(19(22)23)17(15-7-9-16(20)10-8-15)12-21(13)11-14-5-3-2-4-6-14/h2-10,13,17-18H,11-12H2,1H3,(H,22,23)/t13?,17-,18+/m0/s1. The molecule has 3 atom stereocenters. The number of likely N-dealkylation sites (tertiary alicyclic amines) is 1. The van der Waals surface area contributed by atoms with Crippen LogP contribution in [0.1, 0.15) is 24.0 Å². The molecule has 0 bridgehead atoms. The van der Waals surface area contributed by atoms with E-state index in [2.05, 4.69) is 17.0 Å². The minimum atomic E-state index is -0.729. The number of nitrogens with zero attached hydrogens (tertiary/aromatic N) is 1. The fourth-order valence-electron chi connectivity index (χ4n) is 3.52. The lowest BCUT2D eigenvalue weighted by atomic mass is 9.86. The Morgan fingerprint density at radius 3 is 2.43 bits per heavy atom. The Hall–Kier alpha value is -1.84. The first kappa shape index (κ1) is 16.0. The van der Waals surface area contributed by atoms with Gasteiger partial charge >= 0.3 is 5.97 Å². The highest BCUT2D eigenvalue weighted by Crippen LogP contribution is 2.38. The lowest BCUT2D eigenvalue weighted by molar-refractivity contribution is -0.142. The maximum absolute atomic E-state index is 11.8. The van der Waals surface area contributed by atoms with E-state index in [1.54, 1.807) is 0 Å². The molecule has 1 heterocycles. The third kappa shape index (κ3) is 3.41. The van der Waals surface area contributed by atoms with Crippen molar-refractivity contribution in [2.24, 2.45) is 5.92 Å². The third-order valence-electron chi connectivity index (χ3n) is 4.77. The van der Waals surface area contributed by atoms with Gasteiger partial charge in [0.15, 0.2) is 0 Å². The molecule has 2 aromatic carbocycles. The number of carboxylic acids is 1. The molecule has 120 valence electrons. The lowest BCUT2D eigenvalue weighted by Crippen LogP contribution is -2.32. The number of hydrogen-bond acceptors (Lipinski definition) is 2. The Morgan fingerprint density at radius 1 is 1.17 bits per heavy atom. The van der Waals surface area contributed by atoms with E-state index in [-0.39, 0.29) is 12.0 Å². The maximum atomic E-state index is 11.8. The number of carboxylic acid groups (broad SMARTS) is 1. The van der Waals surface area contributed by atoms with Crippen molar-refractivity contribution in [2.75, 3.05) is 6.54 Å². The molecule has 3 nitrogen and oxygen atoms in total. The summed E-state index contributed by atoms with van der Waals surface area (Å²) in [5.41, 5.74) is 2.25. The zero-order valence-electron chi connectivity index (χ0n) is 13.0. The first-order valence-corrected chi connectivity index (χ1v) is 8.20. The summed E-state index contributed by atoms with van der Waals surface area (Å²) < 4.78 is 0. The van der Waals surface area contributed by atoms with Gasteiger partial charge in [0.1, 0.15) is 0 Å². The van der Waals surface area contributed by atoms with Gasteiger partial charge in [-0.25, -0.2) is 0 Å². The highest BCUT2D eigenvalue weighted by Gasteiger charge is 2.44. The van der Waals surface area contributed by atoms with Crippen LogP contribution >= 0.6 is 11.6 Å². The van der Waals surface area contributed by atoms with Gasteiger partial charge in [0.2, 0.25) is 0 Å². The van der Waals surface area contributed by atoms with Crippen molar-refractivity contribution in [3.05, 3.63) is 70.7 Å². The Labute approximate surface area is 141 Å². The van der Waals surface area contributed by atoms with Crippen LogP contribution in [0, 0.1) is 5.92 Å².